The molecular formula is C22H26O6S. The second-order valence-electron chi connectivity index (χ2n) is 8.03. The van der Waals surface area contributed by atoms with E-state index in [-0.39, 0.29) is 37.6 Å². The molecule has 0 saturated carbocycles. The van der Waals surface area contributed by atoms with Gasteiger partial charge in [-0.05, 0) is 66.3 Å². The fraction of sp³-hybridized carbons (Fsp3) is 0.455. The van der Waals surface area contributed by atoms with Crippen LogP contribution in [0.15, 0.2) is 30.3 Å². The predicted octanol–water partition coefficient (Wildman–Crippen LogP) is 2.41. The number of ether oxygens (including phenoxy) is 2. The molecule has 2 heterocycles. The minimum atomic E-state index is -3.04. The normalized spacial score (nSPS) is 19.4. The van der Waals surface area contributed by atoms with Crippen LogP contribution in [0.25, 0.3) is 11.1 Å². The summed E-state index contributed by atoms with van der Waals surface area (Å²) in [5.74, 6) is 1.45. The summed E-state index contributed by atoms with van der Waals surface area (Å²) >= 11 is 0. The molecule has 4 rings (SSSR count). The van der Waals surface area contributed by atoms with Crippen molar-refractivity contribution in [1.82, 2.24) is 0 Å². The zero-order valence-corrected chi connectivity index (χ0v) is 17.3. The Morgan fingerprint density at radius 3 is 2.66 bits per heavy atom. The van der Waals surface area contributed by atoms with E-state index in [1.807, 2.05) is 37.3 Å². The van der Waals surface area contributed by atoms with Gasteiger partial charge in [-0.25, -0.2) is 8.42 Å². The van der Waals surface area contributed by atoms with Gasteiger partial charge in [0.05, 0.1) is 24.7 Å². The molecule has 1 saturated heterocycles. The van der Waals surface area contributed by atoms with Gasteiger partial charge in [-0.2, -0.15) is 0 Å². The Hall–Kier alpha value is -2.09. The van der Waals surface area contributed by atoms with E-state index in [0.29, 0.717) is 12.4 Å². The third kappa shape index (κ3) is 4.27. The molecule has 2 aromatic rings. The van der Waals surface area contributed by atoms with Gasteiger partial charge in [-0.1, -0.05) is 6.07 Å². The molecule has 2 N–H and O–H groups in total. The Morgan fingerprint density at radius 2 is 1.93 bits per heavy atom. The lowest BCUT2D eigenvalue weighted by Crippen LogP contribution is -2.43. The van der Waals surface area contributed by atoms with Crippen molar-refractivity contribution in [1.29, 1.82) is 0 Å². The Balaban J connectivity index is 1.59. The lowest BCUT2D eigenvalue weighted by atomic mass is 9.92. The highest BCUT2D eigenvalue weighted by Crippen LogP contribution is 2.40. The topological polar surface area (TPSA) is 93.1 Å². The molecule has 1 fully saturated rings. The summed E-state index contributed by atoms with van der Waals surface area (Å²) in [6.45, 7) is 2.59. The van der Waals surface area contributed by atoms with Crippen molar-refractivity contribution in [2.45, 2.75) is 38.4 Å². The van der Waals surface area contributed by atoms with Crippen LogP contribution >= 0.6 is 0 Å². The average molecular weight is 419 g/mol. The molecule has 0 radical (unpaired) electrons. The van der Waals surface area contributed by atoms with Crippen LogP contribution in [0.2, 0.25) is 0 Å². The first-order chi connectivity index (χ1) is 13.8. The Bertz CT molecular complexity index is 1010. The first-order valence-corrected chi connectivity index (χ1v) is 11.7. The number of hydrogen-bond acceptors (Lipinski definition) is 6. The molecule has 29 heavy (non-hydrogen) atoms. The first kappa shape index (κ1) is 20.2. The van der Waals surface area contributed by atoms with E-state index in [0.717, 1.165) is 40.0 Å². The predicted molar refractivity (Wildman–Crippen MR) is 110 cm³/mol. The van der Waals surface area contributed by atoms with Gasteiger partial charge in [0.15, 0.2) is 9.84 Å². The van der Waals surface area contributed by atoms with Gasteiger partial charge in [-0.15, -0.1) is 0 Å². The molecule has 0 spiro atoms. The molecule has 0 unspecified atom stereocenters. The van der Waals surface area contributed by atoms with Crippen LogP contribution in [0, 0.1) is 6.92 Å². The standard InChI is InChI=1S/C22H26O6S/c1-15-10-18(28-14-22(24)5-8-29(25,26)9-6-22)12-17-4-7-27-20-3-2-16(13-23)11-19(20)21(15)17/h2-3,10-12,23-24H,4-9,13-14H2,1H3. The van der Waals surface area contributed by atoms with Gasteiger partial charge >= 0.3 is 0 Å². The van der Waals surface area contributed by atoms with E-state index in [2.05, 4.69) is 0 Å². The summed E-state index contributed by atoms with van der Waals surface area (Å²) in [6, 6.07) is 9.62. The van der Waals surface area contributed by atoms with E-state index in [4.69, 9.17) is 9.47 Å². The van der Waals surface area contributed by atoms with E-state index >= 15 is 0 Å². The molecule has 0 amide bonds. The molecule has 6 nitrogen and oxygen atoms in total. The number of rotatable bonds is 4. The molecular weight excluding hydrogens is 392 g/mol. The van der Waals surface area contributed by atoms with Crippen molar-refractivity contribution < 1.29 is 28.1 Å². The maximum Gasteiger partial charge on any atom is 0.150 e. The van der Waals surface area contributed by atoms with Gasteiger partial charge in [0.1, 0.15) is 23.7 Å². The fourth-order valence-corrected chi connectivity index (χ4v) is 5.62. The second-order valence-corrected chi connectivity index (χ2v) is 10.3. The third-order valence-electron chi connectivity index (χ3n) is 5.78. The first-order valence-electron chi connectivity index (χ1n) is 9.85. The van der Waals surface area contributed by atoms with Crippen LogP contribution in [0.1, 0.15) is 29.5 Å². The number of benzene rings is 2. The second kappa shape index (κ2) is 7.63. The average Bonchev–Trinajstić information content (AvgIpc) is 2.88. The molecule has 0 bridgehead atoms. The van der Waals surface area contributed by atoms with Crippen molar-refractivity contribution in [3.8, 4) is 22.6 Å². The SMILES string of the molecule is Cc1cc(OCC2(O)CCS(=O)(=O)CC2)cc2c1-c1cc(CO)ccc1OCC2. The maximum absolute atomic E-state index is 11.6. The summed E-state index contributed by atoms with van der Waals surface area (Å²) in [6.07, 6.45) is 1.12. The summed E-state index contributed by atoms with van der Waals surface area (Å²) in [4.78, 5) is 0. The highest BCUT2D eigenvalue weighted by atomic mass is 32.2. The molecule has 2 aliphatic rings. The minimum Gasteiger partial charge on any atom is -0.493 e. The molecule has 156 valence electrons. The maximum atomic E-state index is 11.6. The summed E-state index contributed by atoms with van der Waals surface area (Å²) in [7, 11) is -3.04. The van der Waals surface area contributed by atoms with Crippen LogP contribution in [0.3, 0.4) is 0 Å². The van der Waals surface area contributed by atoms with Crippen molar-refractivity contribution >= 4 is 9.84 Å². The molecule has 0 atom stereocenters. The largest absolute Gasteiger partial charge is 0.493 e. The smallest absolute Gasteiger partial charge is 0.150 e. The summed E-state index contributed by atoms with van der Waals surface area (Å²) < 4.78 is 35.0. The number of hydrogen-bond donors (Lipinski definition) is 2. The zero-order valence-electron chi connectivity index (χ0n) is 16.5. The lowest BCUT2D eigenvalue weighted by Gasteiger charge is -2.31. The molecule has 7 heteroatoms. The highest BCUT2D eigenvalue weighted by Gasteiger charge is 2.36. The van der Waals surface area contributed by atoms with Crippen LogP contribution in [0.4, 0.5) is 0 Å². The molecule has 0 aromatic heterocycles. The highest BCUT2D eigenvalue weighted by molar-refractivity contribution is 7.91. The van der Waals surface area contributed by atoms with Crippen molar-refractivity contribution in [2.75, 3.05) is 24.7 Å². The van der Waals surface area contributed by atoms with E-state index in [9.17, 15) is 18.6 Å². The zero-order chi connectivity index (χ0) is 20.6. The monoisotopic (exact) mass is 418 g/mol. The lowest BCUT2D eigenvalue weighted by molar-refractivity contribution is -0.0128. The Labute approximate surface area is 171 Å². The number of aliphatic hydroxyl groups excluding tert-OH is 1. The van der Waals surface area contributed by atoms with E-state index in [1.54, 1.807) is 0 Å². The number of sulfone groups is 1. The summed E-state index contributed by atoms with van der Waals surface area (Å²) in [5, 5.41) is 20.2. The van der Waals surface area contributed by atoms with Crippen LogP contribution in [0.5, 0.6) is 11.5 Å². The van der Waals surface area contributed by atoms with Gasteiger partial charge in [-0.3, -0.25) is 0 Å². The number of fused-ring (bicyclic) bond motifs is 3. The van der Waals surface area contributed by atoms with Gasteiger partial charge in [0.25, 0.3) is 0 Å². The summed E-state index contributed by atoms with van der Waals surface area (Å²) in [5.41, 5.74) is 3.88. The van der Waals surface area contributed by atoms with Crippen LogP contribution < -0.4 is 9.47 Å². The van der Waals surface area contributed by atoms with Crippen LogP contribution in [-0.4, -0.2) is 49.0 Å². The minimum absolute atomic E-state index is 0.00259. The van der Waals surface area contributed by atoms with Crippen molar-refractivity contribution in [3.05, 3.63) is 47.0 Å². The Kier molecular flexibility index (Phi) is 5.31. The van der Waals surface area contributed by atoms with Gasteiger partial charge in [0.2, 0.25) is 0 Å². The van der Waals surface area contributed by atoms with Crippen molar-refractivity contribution in [2.24, 2.45) is 0 Å². The molecule has 2 aliphatic heterocycles. The fourth-order valence-electron chi connectivity index (χ4n) is 4.04. The quantitative estimate of drug-likeness (QED) is 0.792. The third-order valence-corrected chi connectivity index (χ3v) is 7.43. The van der Waals surface area contributed by atoms with Crippen molar-refractivity contribution in [3.63, 3.8) is 0 Å². The molecule has 0 aliphatic carbocycles. The Morgan fingerprint density at radius 1 is 1.17 bits per heavy atom. The van der Waals surface area contributed by atoms with Gasteiger partial charge < -0.3 is 19.7 Å². The van der Waals surface area contributed by atoms with Gasteiger partial charge in [0, 0.05) is 12.0 Å². The van der Waals surface area contributed by atoms with Crippen LogP contribution in [-0.2, 0) is 22.9 Å². The number of aliphatic hydroxyl groups is 2. The van der Waals surface area contributed by atoms with E-state index < -0.39 is 15.4 Å². The molecule has 2 aromatic carbocycles. The number of aryl methyl sites for hydroxylation is 1. The van der Waals surface area contributed by atoms with E-state index in [1.165, 1.54) is 0 Å².